The van der Waals surface area contributed by atoms with Gasteiger partial charge < -0.3 is 19.5 Å². The highest BCUT2D eigenvalue weighted by Crippen LogP contribution is 2.32. The van der Waals surface area contributed by atoms with Gasteiger partial charge in [-0.05, 0) is 55.3 Å². The van der Waals surface area contributed by atoms with E-state index in [1.807, 2.05) is 37.3 Å². The summed E-state index contributed by atoms with van der Waals surface area (Å²) < 4.78 is 44.3. The van der Waals surface area contributed by atoms with Crippen LogP contribution in [0.3, 0.4) is 0 Å². The van der Waals surface area contributed by atoms with E-state index >= 15 is 0 Å². The zero-order valence-electron chi connectivity index (χ0n) is 20.1. The first kappa shape index (κ1) is 25.9. The molecule has 0 aromatic heterocycles. The predicted octanol–water partition coefficient (Wildman–Crippen LogP) is 3.66. The molecule has 35 heavy (non-hydrogen) atoms. The number of hydrogen-bond acceptors (Lipinski definition) is 6. The van der Waals surface area contributed by atoms with E-state index < -0.39 is 15.9 Å². The van der Waals surface area contributed by atoms with Gasteiger partial charge in [0, 0.05) is 12.6 Å². The number of carbonyl (C=O) groups excluding carboxylic acids is 1. The van der Waals surface area contributed by atoms with Crippen molar-refractivity contribution >= 4 is 21.6 Å². The van der Waals surface area contributed by atoms with E-state index in [0.717, 1.165) is 9.87 Å². The van der Waals surface area contributed by atoms with Crippen LogP contribution in [0.2, 0.25) is 0 Å². The SMILES string of the molecule is CCOc1ccc(N(CC(=O)NCCc2ccccc2)S(=O)(=O)c2ccc(OC)c(OC)c2)cc1. The molecule has 1 amide bonds. The van der Waals surface area contributed by atoms with Crippen LogP contribution < -0.4 is 23.8 Å². The number of methoxy groups -OCH3 is 2. The molecule has 3 rings (SSSR count). The van der Waals surface area contributed by atoms with E-state index in [-0.39, 0.29) is 17.2 Å². The molecule has 9 heteroatoms. The smallest absolute Gasteiger partial charge is 0.264 e. The second-order valence-electron chi connectivity index (χ2n) is 7.54. The van der Waals surface area contributed by atoms with Crippen molar-refractivity contribution < 1.29 is 27.4 Å². The molecule has 3 aromatic rings. The van der Waals surface area contributed by atoms with Crippen molar-refractivity contribution in [3.63, 3.8) is 0 Å². The lowest BCUT2D eigenvalue weighted by atomic mass is 10.1. The van der Waals surface area contributed by atoms with Crippen LogP contribution in [0.15, 0.2) is 77.7 Å². The van der Waals surface area contributed by atoms with E-state index in [9.17, 15) is 13.2 Å². The molecule has 0 fully saturated rings. The molecule has 0 saturated heterocycles. The van der Waals surface area contributed by atoms with Crippen LogP contribution in [-0.2, 0) is 21.2 Å². The molecule has 0 saturated carbocycles. The lowest BCUT2D eigenvalue weighted by molar-refractivity contribution is -0.119. The summed E-state index contributed by atoms with van der Waals surface area (Å²) in [5.74, 6) is 0.858. The Morgan fingerprint density at radius 1 is 0.914 bits per heavy atom. The third-order valence-electron chi connectivity index (χ3n) is 5.24. The highest BCUT2D eigenvalue weighted by atomic mass is 32.2. The van der Waals surface area contributed by atoms with Crippen LogP contribution in [0, 0.1) is 0 Å². The number of carbonyl (C=O) groups is 1. The molecule has 0 radical (unpaired) electrons. The number of nitrogens with zero attached hydrogens (tertiary/aromatic N) is 1. The van der Waals surface area contributed by atoms with Gasteiger partial charge in [0.05, 0.1) is 31.4 Å². The Morgan fingerprint density at radius 3 is 2.23 bits per heavy atom. The van der Waals surface area contributed by atoms with Crippen molar-refractivity contribution in [2.75, 3.05) is 38.2 Å². The van der Waals surface area contributed by atoms with Crippen LogP contribution >= 0.6 is 0 Å². The number of amides is 1. The summed E-state index contributed by atoms with van der Waals surface area (Å²) in [5, 5.41) is 2.81. The molecular formula is C26H30N2O6S. The van der Waals surface area contributed by atoms with Gasteiger partial charge in [-0.1, -0.05) is 30.3 Å². The molecule has 0 aliphatic carbocycles. The first-order valence-corrected chi connectivity index (χ1v) is 12.6. The summed E-state index contributed by atoms with van der Waals surface area (Å²) in [6.07, 6.45) is 0.637. The van der Waals surface area contributed by atoms with Gasteiger partial charge in [-0.2, -0.15) is 0 Å². The second kappa shape index (κ2) is 12.1. The summed E-state index contributed by atoms with van der Waals surface area (Å²) >= 11 is 0. The standard InChI is InChI=1S/C26H30N2O6S/c1-4-34-22-12-10-21(11-13-22)28(19-26(29)27-17-16-20-8-6-5-7-9-20)35(30,31)23-14-15-24(32-2)25(18-23)33-3/h5-15,18H,4,16-17,19H2,1-3H3,(H,27,29). The van der Waals surface area contributed by atoms with E-state index in [4.69, 9.17) is 14.2 Å². The fourth-order valence-corrected chi connectivity index (χ4v) is 4.91. The van der Waals surface area contributed by atoms with Crippen molar-refractivity contribution in [3.8, 4) is 17.2 Å². The minimum atomic E-state index is -4.11. The monoisotopic (exact) mass is 498 g/mol. The summed E-state index contributed by atoms with van der Waals surface area (Å²) in [6.45, 7) is 2.34. The molecule has 1 N–H and O–H groups in total. The van der Waals surface area contributed by atoms with Crippen molar-refractivity contribution in [1.29, 1.82) is 0 Å². The number of hydrogen-bond donors (Lipinski definition) is 1. The van der Waals surface area contributed by atoms with Gasteiger partial charge >= 0.3 is 0 Å². The van der Waals surface area contributed by atoms with Crippen LogP contribution in [-0.4, -0.2) is 48.2 Å². The Kier molecular flexibility index (Phi) is 8.97. The maximum absolute atomic E-state index is 13.7. The first-order valence-electron chi connectivity index (χ1n) is 11.2. The molecule has 0 heterocycles. The lowest BCUT2D eigenvalue weighted by Crippen LogP contribution is -2.41. The second-order valence-corrected chi connectivity index (χ2v) is 9.40. The molecule has 8 nitrogen and oxygen atoms in total. The van der Waals surface area contributed by atoms with E-state index in [2.05, 4.69) is 5.32 Å². The van der Waals surface area contributed by atoms with Gasteiger partial charge in [0.1, 0.15) is 12.3 Å². The van der Waals surface area contributed by atoms with Gasteiger partial charge in [0.2, 0.25) is 5.91 Å². The number of nitrogens with one attached hydrogen (secondary N) is 1. The first-order chi connectivity index (χ1) is 16.9. The Hall–Kier alpha value is -3.72. The Labute approximate surface area is 206 Å². The predicted molar refractivity (Wildman–Crippen MR) is 135 cm³/mol. The molecule has 0 unspecified atom stereocenters. The van der Waals surface area contributed by atoms with Gasteiger partial charge in [-0.3, -0.25) is 9.10 Å². The molecule has 0 aliphatic rings. The summed E-state index contributed by atoms with van der Waals surface area (Å²) in [5.41, 5.74) is 1.41. The lowest BCUT2D eigenvalue weighted by Gasteiger charge is -2.24. The average Bonchev–Trinajstić information content (AvgIpc) is 2.88. The number of benzene rings is 3. The summed E-state index contributed by atoms with van der Waals surface area (Å²) in [6, 6.07) is 20.6. The normalized spacial score (nSPS) is 10.9. The van der Waals surface area contributed by atoms with Crippen LogP contribution in [0.1, 0.15) is 12.5 Å². The molecule has 3 aromatic carbocycles. The van der Waals surface area contributed by atoms with Crippen molar-refractivity contribution in [1.82, 2.24) is 5.32 Å². The minimum absolute atomic E-state index is 0.0267. The third kappa shape index (κ3) is 6.66. The van der Waals surface area contributed by atoms with Gasteiger partial charge in [-0.15, -0.1) is 0 Å². The maximum Gasteiger partial charge on any atom is 0.264 e. The molecule has 186 valence electrons. The number of ether oxygens (including phenoxy) is 3. The average molecular weight is 499 g/mol. The largest absolute Gasteiger partial charge is 0.494 e. The molecule has 0 bridgehead atoms. The zero-order chi connectivity index (χ0) is 25.3. The number of sulfonamides is 1. The summed E-state index contributed by atoms with van der Waals surface area (Å²) in [4.78, 5) is 12.8. The van der Waals surface area contributed by atoms with Crippen molar-refractivity contribution in [2.24, 2.45) is 0 Å². The Balaban J connectivity index is 1.86. The highest BCUT2D eigenvalue weighted by molar-refractivity contribution is 7.92. The van der Waals surface area contributed by atoms with Gasteiger partial charge in [0.25, 0.3) is 10.0 Å². The highest BCUT2D eigenvalue weighted by Gasteiger charge is 2.28. The minimum Gasteiger partial charge on any atom is -0.494 e. The number of anilines is 1. The van der Waals surface area contributed by atoms with E-state index in [0.29, 0.717) is 36.8 Å². The van der Waals surface area contributed by atoms with Crippen LogP contribution in [0.4, 0.5) is 5.69 Å². The van der Waals surface area contributed by atoms with E-state index in [1.165, 1.54) is 32.4 Å². The van der Waals surface area contributed by atoms with Crippen LogP contribution in [0.5, 0.6) is 17.2 Å². The Bertz CT molecular complexity index is 1210. The molecule has 0 spiro atoms. The molecule has 0 aliphatic heterocycles. The molecular weight excluding hydrogens is 468 g/mol. The molecule has 0 atom stereocenters. The van der Waals surface area contributed by atoms with E-state index in [1.54, 1.807) is 24.3 Å². The zero-order valence-corrected chi connectivity index (χ0v) is 20.9. The van der Waals surface area contributed by atoms with Gasteiger partial charge in [-0.25, -0.2) is 8.42 Å². The third-order valence-corrected chi connectivity index (χ3v) is 7.01. The number of rotatable bonds is 12. The van der Waals surface area contributed by atoms with Crippen molar-refractivity contribution in [2.45, 2.75) is 18.2 Å². The topological polar surface area (TPSA) is 94.2 Å². The quantitative estimate of drug-likeness (QED) is 0.410. The Morgan fingerprint density at radius 2 is 1.60 bits per heavy atom. The fourth-order valence-electron chi connectivity index (χ4n) is 3.47. The van der Waals surface area contributed by atoms with Crippen LogP contribution in [0.25, 0.3) is 0 Å². The maximum atomic E-state index is 13.7. The van der Waals surface area contributed by atoms with Crippen molar-refractivity contribution in [3.05, 3.63) is 78.4 Å². The summed E-state index contributed by atoms with van der Waals surface area (Å²) in [7, 11) is -1.21. The van der Waals surface area contributed by atoms with Gasteiger partial charge in [0.15, 0.2) is 11.5 Å². The fraction of sp³-hybridized carbons (Fsp3) is 0.269.